The maximum atomic E-state index is 12.3. The number of aromatic nitrogens is 1. The van der Waals surface area contributed by atoms with Gasteiger partial charge in [0.05, 0.1) is 12.1 Å². The van der Waals surface area contributed by atoms with Crippen LogP contribution in [0.1, 0.15) is 30.8 Å². The van der Waals surface area contributed by atoms with Crippen LogP contribution in [0.3, 0.4) is 0 Å². The Labute approximate surface area is 147 Å². The largest absolute Gasteiger partial charge is 0.495 e. The number of hydrogen-bond donors (Lipinski definition) is 2. The van der Waals surface area contributed by atoms with Crippen LogP contribution in [0.25, 0.3) is 0 Å². The molecule has 0 aliphatic carbocycles. The molecule has 2 N–H and O–H groups in total. The summed E-state index contributed by atoms with van der Waals surface area (Å²) in [5, 5.41) is 6.52. The molecule has 0 spiro atoms. The second-order valence-electron chi connectivity index (χ2n) is 5.84. The molecule has 0 atom stereocenters. The highest BCUT2D eigenvalue weighted by atomic mass is 35.5. The number of rotatable bonds is 7. The van der Waals surface area contributed by atoms with E-state index in [1.54, 1.807) is 37.6 Å². The fourth-order valence-corrected chi connectivity index (χ4v) is 2.37. The van der Waals surface area contributed by atoms with Crippen molar-refractivity contribution in [3.8, 4) is 5.75 Å². The molecule has 1 heterocycles. The summed E-state index contributed by atoms with van der Waals surface area (Å²) in [7, 11) is 1.54. The molecule has 5 nitrogen and oxygen atoms in total. The summed E-state index contributed by atoms with van der Waals surface area (Å²) >= 11 is 6.06. The van der Waals surface area contributed by atoms with Crippen molar-refractivity contribution in [1.29, 1.82) is 0 Å². The smallest absolute Gasteiger partial charge is 0.274 e. The first kappa shape index (κ1) is 18.1. The second kappa shape index (κ2) is 8.55. The van der Waals surface area contributed by atoms with Gasteiger partial charge in [-0.15, -0.1) is 0 Å². The van der Waals surface area contributed by atoms with Crippen LogP contribution in [-0.2, 0) is 0 Å². The number of ether oxygens (including phenoxy) is 1. The van der Waals surface area contributed by atoms with Crippen LogP contribution in [-0.4, -0.2) is 24.5 Å². The van der Waals surface area contributed by atoms with Crippen LogP contribution in [0.15, 0.2) is 36.5 Å². The molecule has 0 aliphatic heterocycles. The predicted molar refractivity (Wildman–Crippen MR) is 98.1 cm³/mol. The topological polar surface area (TPSA) is 63.2 Å². The third kappa shape index (κ3) is 5.13. The van der Waals surface area contributed by atoms with Gasteiger partial charge in [0.25, 0.3) is 5.91 Å². The Morgan fingerprint density at radius 1 is 1.25 bits per heavy atom. The van der Waals surface area contributed by atoms with Gasteiger partial charge in [0, 0.05) is 24.1 Å². The van der Waals surface area contributed by atoms with Crippen molar-refractivity contribution in [2.45, 2.75) is 20.3 Å². The zero-order valence-electron chi connectivity index (χ0n) is 14.1. The van der Waals surface area contributed by atoms with Crippen molar-refractivity contribution in [2.24, 2.45) is 5.92 Å². The third-order valence-electron chi connectivity index (χ3n) is 3.45. The average Bonchev–Trinajstić information content (AvgIpc) is 2.55. The lowest BCUT2D eigenvalue weighted by molar-refractivity contribution is 0.102. The third-order valence-corrected chi connectivity index (χ3v) is 3.75. The van der Waals surface area contributed by atoms with Gasteiger partial charge < -0.3 is 15.4 Å². The minimum Gasteiger partial charge on any atom is -0.495 e. The van der Waals surface area contributed by atoms with E-state index in [4.69, 9.17) is 16.3 Å². The number of pyridine rings is 1. The zero-order chi connectivity index (χ0) is 17.5. The SMILES string of the molecule is COc1ccc(NC(=O)c2cc(NCCC(C)C)ccn2)cc1Cl. The van der Waals surface area contributed by atoms with E-state index in [2.05, 4.69) is 29.5 Å². The normalized spacial score (nSPS) is 10.5. The number of amides is 1. The fourth-order valence-electron chi connectivity index (χ4n) is 2.11. The fraction of sp³-hybridized carbons (Fsp3) is 0.333. The molecular weight excluding hydrogens is 326 g/mol. The number of nitrogens with one attached hydrogen (secondary N) is 2. The van der Waals surface area contributed by atoms with Gasteiger partial charge in [-0.2, -0.15) is 0 Å². The molecule has 0 bridgehead atoms. The predicted octanol–water partition coefficient (Wildman–Crippen LogP) is 4.45. The van der Waals surface area contributed by atoms with E-state index in [9.17, 15) is 4.79 Å². The summed E-state index contributed by atoms with van der Waals surface area (Å²) in [6.45, 7) is 5.21. The van der Waals surface area contributed by atoms with Crippen molar-refractivity contribution < 1.29 is 9.53 Å². The molecular formula is C18H22ClN3O2. The van der Waals surface area contributed by atoms with Gasteiger partial charge in [-0.05, 0) is 42.7 Å². The lowest BCUT2D eigenvalue weighted by Crippen LogP contribution is -2.14. The van der Waals surface area contributed by atoms with E-state index in [-0.39, 0.29) is 5.91 Å². The Morgan fingerprint density at radius 2 is 2.04 bits per heavy atom. The Bertz CT molecular complexity index is 704. The number of carbonyl (C=O) groups excluding carboxylic acids is 1. The van der Waals surface area contributed by atoms with E-state index in [0.717, 1.165) is 18.7 Å². The Balaban J connectivity index is 2.03. The first-order valence-corrected chi connectivity index (χ1v) is 8.22. The molecule has 128 valence electrons. The highest BCUT2D eigenvalue weighted by molar-refractivity contribution is 6.32. The highest BCUT2D eigenvalue weighted by Crippen LogP contribution is 2.27. The number of hydrogen-bond acceptors (Lipinski definition) is 4. The van der Waals surface area contributed by atoms with Crippen molar-refractivity contribution >= 4 is 28.9 Å². The summed E-state index contributed by atoms with van der Waals surface area (Å²) < 4.78 is 5.09. The number of methoxy groups -OCH3 is 1. The van der Waals surface area contributed by atoms with E-state index < -0.39 is 0 Å². The zero-order valence-corrected chi connectivity index (χ0v) is 14.9. The lowest BCUT2D eigenvalue weighted by Gasteiger charge is -2.10. The van der Waals surface area contributed by atoms with Crippen LogP contribution in [0.5, 0.6) is 5.75 Å². The maximum Gasteiger partial charge on any atom is 0.274 e. The number of nitrogens with zero attached hydrogens (tertiary/aromatic N) is 1. The molecule has 1 aromatic carbocycles. The number of carbonyl (C=O) groups is 1. The minimum absolute atomic E-state index is 0.288. The van der Waals surface area contributed by atoms with Gasteiger partial charge in [-0.3, -0.25) is 9.78 Å². The minimum atomic E-state index is -0.288. The number of halogens is 1. The van der Waals surface area contributed by atoms with Crippen molar-refractivity contribution in [2.75, 3.05) is 24.3 Å². The molecule has 0 radical (unpaired) electrons. The van der Waals surface area contributed by atoms with E-state index >= 15 is 0 Å². The molecule has 24 heavy (non-hydrogen) atoms. The van der Waals surface area contributed by atoms with Gasteiger partial charge in [0.2, 0.25) is 0 Å². The second-order valence-corrected chi connectivity index (χ2v) is 6.25. The van der Waals surface area contributed by atoms with Gasteiger partial charge in [-0.1, -0.05) is 25.4 Å². The Hall–Kier alpha value is -2.27. The van der Waals surface area contributed by atoms with Gasteiger partial charge in [0.1, 0.15) is 11.4 Å². The summed E-state index contributed by atoms with van der Waals surface area (Å²) in [5.41, 5.74) is 1.81. The first-order valence-electron chi connectivity index (χ1n) is 7.84. The summed E-state index contributed by atoms with van der Waals surface area (Å²) in [6, 6.07) is 8.66. The summed E-state index contributed by atoms with van der Waals surface area (Å²) in [5.74, 6) is 0.898. The van der Waals surface area contributed by atoms with Crippen molar-refractivity contribution in [3.63, 3.8) is 0 Å². The summed E-state index contributed by atoms with van der Waals surface area (Å²) in [6.07, 6.45) is 2.68. The van der Waals surface area contributed by atoms with Crippen LogP contribution < -0.4 is 15.4 Å². The molecule has 1 amide bonds. The number of anilines is 2. The standard InChI is InChI=1S/C18H22ClN3O2/c1-12(2)6-8-20-13-7-9-21-16(11-13)18(23)22-14-4-5-17(24-3)15(19)10-14/h4-5,7,9-12H,6,8H2,1-3H3,(H,20,21)(H,22,23). The monoisotopic (exact) mass is 347 g/mol. The van der Waals surface area contributed by atoms with Crippen LogP contribution in [0.2, 0.25) is 5.02 Å². The molecule has 2 aromatic rings. The molecule has 2 rings (SSSR count). The molecule has 0 unspecified atom stereocenters. The van der Waals surface area contributed by atoms with Crippen molar-refractivity contribution in [3.05, 3.63) is 47.2 Å². The Morgan fingerprint density at radius 3 is 2.71 bits per heavy atom. The molecule has 1 aromatic heterocycles. The summed E-state index contributed by atoms with van der Waals surface area (Å²) in [4.78, 5) is 16.5. The van der Waals surface area contributed by atoms with Gasteiger partial charge in [0.15, 0.2) is 0 Å². The number of benzene rings is 1. The van der Waals surface area contributed by atoms with Gasteiger partial charge in [-0.25, -0.2) is 0 Å². The average molecular weight is 348 g/mol. The quantitative estimate of drug-likeness (QED) is 0.776. The van der Waals surface area contributed by atoms with Crippen molar-refractivity contribution in [1.82, 2.24) is 4.98 Å². The van der Waals surface area contributed by atoms with Gasteiger partial charge >= 0.3 is 0 Å². The highest BCUT2D eigenvalue weighted by Gasteiger charge is 2.10. The molecule has 0 aliphatic rings. The Kier molecular flexibility index (Phi) is 6.44. The first-order chi connectivity index (χ1) is 11.5. The molecule has 0 saturated heterocycles. The van der Waals surface area contributed by atoms with Crippen LogP contribution in [0.4, 0.5) is 11.4 Å². The maximum absolute atomic E-state index is 12.3. The lowest BCUT2D eigenvalue weighted by atomic mass is 10.1. The molecule has 6 heteroatoms. The van der Waals surface area contributed by atoms with E-state index in [1.165, 1.54) is 0 Å². The molecule has 0 saturated carbocycles. The van der Waals surface area contributed by atoms with Crippen LogP contribution >= 0.6 is 11.6 Å². The molecule has 0 fully saturated rings. The van der Waals surface area contributed by atoms with E-state index in [1.807, 2.05) is 6.07 Å². The van der Waals surface area contributed by atoms with E-state index in [0.29, 0.717) is 28.1 Å². The van der Waals surface area contributed by atoms with Crippen LogP contribution in [0, 0.1) is 5.92 Å².